The highest BCUT2D eigenvalue weighted by Gasteiger charge is 2.05. The Morgan fingerprint density at radius 3 is 2.65 bits per heavy atom. The number of guanidine groups is 1. The Labute approximate surface area is 153 Å². The van der Waals surface area contributed by atoms with Gasteiger partial charge in [-0.25, -0.2) is 9.38 Å². The molecule has 0 heterocycles. The Kier molecular flexibility index (Phi) is 7.61. The molecule has 138 valence electrons. The minimum absolute atomic E-state index is 0.0976. The topological polar surface area (TPSA) is 65.5 Å². The average Bonchev–Trinajstić information content (AvgIpc) is 2.66. The number of benzene rings is 2. The third-order valence-corrected chi connectivity index (χ3v) is 3.83. The van der Waals surface area contributed by atoms with Crippen molar-refractivity contribution in [2.75, 3.05) is 20.1 Å². The number of nitrogens with one attached hydrogen (secondary N) is 3. The lowest BCUT2D eigenvalue weighted by molar-refractivity contribution is 0.0963. The zero-order valence-electron chi connectivity index (χ0n) is 15.2. The second-order valence-electron chi connectivity index (χ2n) is 5.74. The number of hydrogen-bond donors (Lipinski definition) is 3. The number of amides is 1. The molecule has 0 aliphatic carbocycles. The Bertz CT molecular complexity index is 761. The molecule has 0 spiro atoms. The zero-order valence-corrected chi connectivity index (χ0v) is 15.2. The molecular formula is C20H25FN4O. The van der Waals surface area contributed by atoms with Crippen molar-refractivity contribution in [2.45, 2.75) is 19.9 Å². The van der Waals surface area contributed by atoms with E-state index in [1.165, 1.54) is 6.07 Å². The van der Waals surface area contributed by atoms with Gasteiger partial charge in [0.15, 0.2) is 5.96 Å². The number of aliphatic imine (C=N–C) groups is 1. The highest BCUT2D eigenvalue weighted by atomic mass is 19.1. The van der Waals surface area contributed by atoms with Gasteiger partial charge < -0.3 is 16.0 Å². The molecule has 0 atom stereocenters. The Balaban J connectivity index is 1.93. The van der Waals surface area contributed by atoms with Gasteiger partial charge in [-0.2, -0.15) is 0 Å². The van der Waals surface area contributed by atoms with Crippen molar-refractivity contribution in [1.82, 2.24) is 16.0 Å². The highest BCUT2D eigenvalue weighted by Crippen LogP contribution is 2.08. The van der Waals surface area contributed by atoms with E-state index in [0.29, 0.717) is 23.6 Å². The summed E-state index contributed by atoms with van der Waals surface area (Å²) < 4.78 is 13.7. The quantitative estimate of drug-likeness (QED) is 0.527. The van der Waals surface area contributed by atoms with Gasteiger partial charge in [-0.05, 0) is 37.1 Å². The van der Waals surface area contributed by atoms with Crippen molar-refractivity contribution in [2.24, 2.45) is 4.99 Å². The molecule has 0 aliphatic rings. The van der Waals surface area contributed by atoms with Gasteiger partial charge >= 0.3 is 0 Å². The summed E-state index contributed by atoms with van der Waals surface area (Å²) in [6, 6.07) is 14.2. The maximum atomic E-state index is 13.7. The number of carbonyl (C=O) groups excluding carboxylic acids is 1. The molecule has 0 saturated heterocycles. The highest BCUT2D eigenvalue weighted by molar-refractivity contribution is 5.94. The van der Waals surface area contributed by atoms with E-state index in [4.69, 9.17) is 0 Å². The van der Waals surface area contributed by atoms with Gasteiger partial charge in [0, 0.05) is 31.3 Å². The van der Waals surface area contributed by atoms with Crippen molar-refractivity contribution >= 4 is 11.9 Å². The minimum Gasteiger partial charge on any atom is -0.357 e. The van der Waals surface area contributed by atoms with Gasteiger partial charge in [-0.15, -0.1) is 0 Å². The van der Waals surface area contributed by atoms with E-state index >= 15 is 0 Å². The molecule has 5 nitrogen and oxygen atoms in total. The van der Waals surface area contributed by atoms with E-state index in [2.05, 4.69) is 20.9 Å². The fourth-order valence-electron chi connectivity index (χ4n) is 2.47. The molecule has 3 N–H and O–H groups in total. The van der Waals surface area contributed by atoms with E-state index in [9.17, 15) is 9.18 Å². The van der Waals surface area contributed by atoms with Crippen molar-refractivity contribution < 1.29 is 9.18 Å². The summed E-state index contributed by atoms with van der Waals surface area (Å²) in [4.78, 5) is 16.1. The summed E-state index contributed by atoms with van der Waals surface area (Å²) in [6.45, 7) is 3.62. The monoisotopic (exact) mass is 356 g/mol. The summed E-state index contributed by atoms with van der Waals surface area (Å²) in [5, 5.41) is 9.01. The lowest BCUT2D eigenvalue weighted by atomic mass is 10.1. The number of carbonyl (C=O) groups is 1. The van der Waals surface area contributed by atoms with Crippen molar-refractivity contribution in [3.8, 4) is 0 Å². The molecule has 1 amide bonds. The predicted octanol–water partition coefficient (Wildman–Crippen LogP) is 2.48. The standard InChI is InChI=1S/C20H25FN4O/c1-3-23-20(25-14-17-8-4-5-10-18(17)21)24-12-11-15-7-6-9-16(13-15)19(26)22-2/h4-10,13H,3,11-12,14H2,1-2H3,(H,22,26)(H2,23,24,25). The molecule has 26 heavy (non-hydrogen) atoms. The van der Waals surface area contributed by atoms with Crippen LogP contribution in [0.3, 0.4) is 0 Å². The summed E-state index contributed by atoms with van der Waals surface area (Å²) in [7, 11) is 1.62. The van der Waals surface area contributed by atoms with Crippen LogP contribution in [0.25, 0.3) is 0 Å². The number of rotatable bonds is 7. The van der Waals surface area contributed by atoms with Crippen LogP contribution in [0.4, 0.5) is 4.39 Å². The fourth-order valence-corrected chi connectivity index (χ4v) is 2.47. The van der Waals surface area contributed by atoms with E-state index in [-0.39, 0.29) is 18.3 Å². The van der Waals surface area contributed by atoms with Crippen LogP contribution in [0.1, 0.15) is 28.4 Å². The molecule has 0 bridgehead atoms. The number of halogens is 1. The first-order valence-electron chi connectivity index (χ1n) is 8.70. The van der Waals surface area contributed by atoms with Gasteiger partial charge in [0.1, 0.15) is 5.82 Å². The van der Waals surface area contributed by atoms with Gasteiger partial charge in [0.05, 0.1) is 6.54 Å². The Morgan fingerprint density at radius 1 is 1.12 bits per heavy atom. The summed E-state index contributed by atoms with van der Waals surface area (Å²) in [6.07, 6.45) is 0.745. The van der Waals surface area contributed by atoms with Crippen LogP contribution in [0.5, 0.6) is 0 Å². The molecule has 2 rings (SSSR count). The molecule has 0 saturated carbocycles. The first kappa shape index (κ1) is 19.4. The van der Waals surface area contributed by atoms with Crippen LogP contribution in [-0.2, 0) is 13.0 Å². The molecular weight excluding hydrogens is 331 g/mol. The van der Waals surface area contributed by atoms with Crippen molar-refractivity contribution in [1.29, 1.82) is 0 Å². The summed E-state index contributed by atoms with van der Waals surface area (Å²) in [5.41, 5.74) is 2.26. The predicted molar refractivity (Wildman–Crippen MR) is 103 cm³/mol. The number of hydrogen-bond acceptors (Lipinski definition) is 2. The molecule has 0 aromatic heterocycles. The first-order chi connectivity index (χ1) is 12.6. The van der Waals surface area contributed by atoms with E-state index in [1.54, 1.807) is 31.3 Å². The third kappa shape index (κ3) is 5.88. The fraction of sp³-hybridized carbons (Fsp3) is 0.300. The maximum Gasteiger partial charge on any atom is 0.251 e. The van der Waals surface area contributed by atoms with Gasteiger partial charge in [-0.3, -0.25) is 4.79 Å². The van der Waals surface area contributed by atoms with Crippen LogP contribution in [0, 0.1) is 5.82 Å². The summed E-state index contributed by atoms with van der Waals surface area (Å²) >= 11 is 0. The largest absolute Gasteiger partial charge is 0.357 e. The molecule has 2 aromatic rings. The summed E-state index contributed by atoms with van der Waals surface area (Å²) in [5.74, 6) is 0.288. The third-order valence-electron chi connectivity index (χ3n) is 3.83. The molecule has 0 unspecified atom stereocenters. The molecule has 0 radical (unpaired) electrons. The van der Waals surface area contributed by atoms with Crippen LogP contribution in [0.2, 0.25) is 0 Å². The smallest absolute Gasteiger partial charge is 0.251 e. The second-order valence-corrected chi connectivity index (χ2v) is 5.74. The lowest BCUT2D eigenvalue weighted by Gasteiger charge is -2.12. The van der Waals surface area contributed by atoms with E-state index < -0.39 is 0 Å². The van der Waals surface area contributed by atoms with E-state index in [1.807, 2.05) is 25.1 Å². The van der Waals surface area contributed by atoms with Gasteiger partial charge in [0.25, 0.3) is 5.91 Å². The van der Waals surface area contributed by atoms with Crippen LogP contribution >= 0.6 is 0 Å². The van der Waals surface area contributed by atoms with Crippen molar-refractivity contribution in [3.63, 3.8) is 0 Å². The maximum absolute atomic E-state index is 13.7. The van der Waals surface area contributed by atoms with Gasteiger partial charge in [0.2, 0.25) is 0 Å². The van der Waals surface area contributed by atoms with Crippen LogP contribution < -0.4 is 16.0 Å². The normalized spacial score (nSPS) is 11.1. The molecule has 6 heteroatoms. The first-order valence-corrected chi connectivity index (χ1v) is 8.70. The SMILES string of the molecule is CCNC(=NCc1ccccc1F)NCCc1cccc(C(=O)NC)c1. The van der Waals surface area contributed by atoms with Crippen LogP contribution in [0.15, 0.2) is 53.5 Å². The minimum atomic E-state index is -0.252. The average molecular weight is 356 g/mol. The lowest BCUT2D eigenvalue weighted by Crippen LogP contribution is -2.38. The molecule has 2 aromatic carbocycles. The van der Waals surface area contributed by atoms with Crippen LogP contribution in [-0.4, -0.2) is 32.0 Å². The van der Waals surface area contributed by atoms with E-state index in [0.717, 1.165) is 18.5 Å². The molecule has 0 aliphatic heterocycles. The van der Waals surface area contributed by atoms with Gasteiger partial charge in [-0.1, -0.05) is 30.3 Å². The number of nitrogens with zero attached hydrogens (tertiary/aromatic N) is 1. The Hall–Kier alpha value is -2.89. The second kappa shape index (κ2) is 10.2. The molecule has 0 fully saturated rings. The van der Waals surface area contributed by atoms with Crippen molar-refractivity contribution in [3.05, 3.63) is 71.0 Å². The zero-order chi connectivity index (χ0) is 18.8. The Morgan fingerprint density at radius 2 is 1.92 bits per heavy atom.